The van der Waals surface area contributed by atoms with Crippen LogP contribution >= 0.6 is 0 Å². The summed E-state index contributed by atoms with van der Waals surface area (Å²) in [6.07, 6.45) is 2.45. The molecule has 2 rings (SSSR count). The molecule has 0 spiro atoms. The molecule has 16 heavy (non-hydrogen) atoms. The van der Waals surface area contributed by atoms with E-state index < -0.39 is 0 Å². The monoisotopic (exact) mass is 219 g/mol. The van der Waals surface area contributed by atoms with Gasteiger partial charge in [0.25, 0.3) is 0 Å². The van der Waals surface area contributed by atoms with E-state index in [0.717, 1.165) is 37.3 Å². The maximum absolute atomic E-state index is 9.02. The van der Waals surface area contributed by atoms with Crippen LogP contribution < -0.4 is 5.73 Å². The Kier molecular flexibility index (Phi) is 2.88. The van der Waals surface area contributed by atoms with Gasteiger partial charge in [0.15, 0.2) is 0 Å². The van der Waals surface area contributed by atoms with Gasteiger partial charge in [-0.1, -0.05) is 0 Å². The summed E-state index contributed by atoms with van der Waals surface area (Å²) < 4.78 is 7.59. The lowest BCUT2D eigenvalue weighted by Gasteiger charge is -2.14. The van der Waals surface area contributed by atoms with Crippen molar-refractivity contribution >= 4 is 5.82 Å². The first-order chi connectivity index (χ1) is 7.65. The molecule has 0 radical (unpaired) electrons. The Bertz CT molecular complexity index is 436. The zero-order chi connectivity index (χ0) is 11.7. The predicted octanol–water partition coefficient (Wildman–Crippen LogP) is 1.74. The van der Waals surface area contributed by atoms with Crippen LogP contribution in [0.4, 0.5) is 5.82 Å². The van der Waals surface area contributed by atoms with Gasteiger partial charge in [0, 0.05) is 12.3 Å². The molecule has 1 aromatic rings. The molecule has 4 heteroatoms. The summed E-state index contributed by atoms with van der Waals surface area (Å²) in [6, 6.07) is 2.16. The Labute approximate surface area is 95.6 Å². The predicted molar refractivity (Wildman–Crippen MR) is 62.0 cm³/mol. The average molecular weight is 219 g/mol. The normalized spacial score (nSPS) is 19.9. The molecule has 4 nitrogen and oxygen atoms in total. The number of nitrogens with two attached hydrogens (primary N) is 1. The molecule has 1 aromatic heterocycles. The van der Waals surface area contributed by atoms with Crippen molar-refractivity contribution in [1.82, 2.24) is 4.57 Å². The molecule has 1 aliphatic heterocycles. The molecule has 1 atom stereocenters. The van der Waals surface area contributed by atoms with E-state index in [4.69, 9.17) is 15.7 Å². The van der Waals surface area contributed by atoms with Crippen molar-refractivity contribution in [3.8, 4) is 6.07 Å². The third kappa shape index (κ3) is 1.68. The van der Waals surface area contributed by atoms with E-state index in [1.54, 1.807) is 0 Å². The molecule has 2 N–H and O–H groups in total. The van der Waals surface area contributed by atoms with Gasteiger partial charge in [-0.25, -0.2) is 0 Å². The molecule has 1 fully saturated rings. The van der Waals surface area contributed by atoms with Crippen molar-refractivity contribution in [2.75, 3.05) is 12.3 Å². The Balaban J connectivity index is 2.30. The zero-order valence-electron chi connectivity index (χ0n) is 9.79. The van der Waals surface area contributed by atoms with Gasteiger partial charge in [0.1, 0.15) is 11.9 Å². The van der Waals surface area contributed by atoms with Crippen LogP contribution in [-0.4, -0.2) is 17.3 Å². The van der Waals surface area contributed by atoms with Crippen LogP contribution in [0, 0.1) is 25.2 Å². The molecule has 2 heterocycles. The molecule has 1 unspecified atom stereocenters. The number of nitriles is 1. The van der Waals surface area contributed by atoms with Crippen molar-refractivity contribution in [3.63, 3.8) is 0 Å². The molecule has 0 bridgehead atoms. The standard InChI is InChI=1S/C12H17N3O/c1-8-9(2)15(12(14)11(8)6-13)7-10-4-3-5-16-10/h10H,3-5,7,14H2,1-2H3. The van der Waals surface area contributed by atoms with Gasteiger partial charge in [0.2, 0.25) is 0 Å². The highest BCUT2D eigenvalue weighted by Gasteiger charge is 2.21. The lowest BCUT2D eigenvalue weighted by molar-refractivity contribution is 0.0971. The van der Waals surface area contributed by atoms with Crippen LogP contribution in [0.2, 0.25) is 0 Å². The van der Waals surface area contributed by atoms with E-state index in [0.29, 0.717) is 11.4 Å². The van der Waals surface area contributed by atoms with Crippen LogP contribution in [-0.2, 0) is 11.3 Å². The number of hydrogen-bond acceptors (Lipinski definition) is 3. The fourth-order valence-corrected chi connectivity index (χ4v) is 2.26. The number of anilines is 1. The largest absolute Gasteiger partial charge is 0.384 e. The maximum Gasteiger partial charge on any atom is 0.122 e. The van der Waals surface area contributed by atoms with Crippen molar-refractivity contribution < 1.29 is 4.74 Å². The molecular weight excluding hydrogens is 202 g/mol. The minimum atomic E-state index is 0.249. The summed E-state index contributed by atoms with van der Waals surface area (Å²) >= 11 is 0. The first-order valence-electron chi connectivity index (χ1n) is 5.62. The van der Waals surface area contributed by atoms with E-state index in [9.17, 15) is 0 Å². The number of aromatic nitrogens is 1. The van der Waals surface area contributed by atoms with Crippen molar-refractivity contribution in [2.45, 2.75) is 39.3 Å². The number of hydrogen-bond donors (Lipinski definition) is 1. The molecule has 86 valence electrons. The van der Waals surface area contributed by atoms with Crippen molar-refractivity contribution in [2.24, 2.45) is 0 Å². The van der Waals surface area contributed by atoms with E-state index in [-0.39, 0.29) is 6.10 Å². The Morgan fingerprint density at radius 2 is 2.31 bits per heavy atom. The smallest absolute Gasteiger partial charge is 0.122 e. The summed E-state index contributed by atoms with van der Waals surface area (Å²) in [4.78, 5) is 0. The molecule has 0 aliphatic carbocycles. The van der Waals surface area contributed by atoms with Gasteiger partial charge in [-0.2, -0.15) is 5.26 Å². The van der Waals surface area contributed by atoms with Gasteiger partial charge in [-0.15, -0.1) is 0 Å². The average Bonchev–Trinajstić information content (AvgIpc) is 2.83. The fraction of sp³-hybridized carbons (Fsp3) is 0.583. The van der Waals surface area contributed by atoms with Gasteiger partial charge >= 0.3 is 0 Å². The number of nitrogens with zero attached hydrogens (tertiary/aromatic N) is 2. The van der Waals surface area contributed by atoms with Gasteiger partial charge in [0.05, 0.1) is 18.2 Å². The van der Waals surface area contributed by atoms with E-state index in [1.165, 1.54) is 0 Å². The zero-order valence-corrected chi connectivity index (χ0v) is 9.79. The third-order valence-electron chi connectivity index (χ3n) is 3.39. The van der Waals surface area contributed by atoms with Crippen LogP contribution in [0.3, 0.4) is 0 Å². The molecule has 0 aromatic carbocycles. The maximum atomic E-state index is 9.02. The first kappa shape index (κ1) is 11.0. The number of nitrogen functional groups attached to an aromatic ring is 1. The Morgan fingerprint density at radius 1 is 1.56 bits per heavy atom. The summed E-state index contributed by atoms with van der Waals surface area (Å²) in [5.74, 6) is 0.577. The number of rotatable bonds is 2. The van der Waals surface area contributed by atoms with E-state index in [1.807, 2.05) is 18.4 Å². The minimum Gasteiger partial charge on any atom is -0.384 e. The third-order valence-corrected chi connectivity index (χ3v) is 3.39. The van der Waals surface area contributed by atoms with E-state index in [2.05, 4.69) is 6.07 Å². The molecule has 1 saturated heterocycles. The fourth-order valence-electron chi connectivity index (χ4n) is 2.26. The van der Waals surface area contributed by atoms with Crippen LogP contribution in [0.5, 0.6) is 0 Å². The second kappa shape index (κ2) is 4.18. The lowest BCUT2D eigenvalue weighted by atomic mass is 10.2. The van der Waals surface area contributed by atoms with Crippen molar-refractivity contribution in [1.29, 1.82) is 5.26 Å². The molecule has 1 aliphatic rings. The summed E-state index contributed by atoms with van der Waals surface area (Å²) in [5.41, 5.74) is 8.64. The van der Waals surface area contributed by atoms with E-state index >= 15 is 0 Å². The highest BCUT2D eigenvalue weighted by Crippen LogP contribution is 2.25. The molecule has 0 amide bonds. The lowest BCUT2D eigenvalue weighted by Crippen LogP contribution is -2.17. The second-order valence-corrected chi connectivity index (χ2v) is 4.33. The van der Waals surface area contributed by atoms with Gasteiger partial charge < -0.3 is 15.0 Å². The Morgan fingerprint density at radius 3 is 2.81 bits per heavy atom. The summed E-state index contributed by atoms with van der Waals surface area (Å²) in [6.45, 7) is 5.55. The number of ether oxygens (including phenoxy) is 1. The SMILES string of the molecule is Cc1c(C#N)c(N)n(CC2CCCO2)c1C. The summed E-state index contributed by atoms with van der Waals surface area (Å²) in [7, 11) is 0. The highest BCUT2D eigenvalue weighted by molar-refractivity contribution is 5.57. The first-order valence-corrected chi connectivity index (χ1v) is 5.62. The van der Waals surface area contributed by atoms with Crippen LogP contribution in [0.25, 0.3) is 0 Å². The molecular formula is C12H17N3O. The Hall–Kier alpha value is -1.47. The van der Waals surface area contributed by atoms with Gasteiger partial charge in [-0.3, -0.25) is 0 Å². The van der Waals surface area contributed by atoms with Crippen LogP contribution in [0.15, 0.2) is 0 Å². The quantitative estimate of drug-likeness (QED) is 0.824. The highest BCUT2D eigenvalue weighted by atomic mass is 16.5. The van der Waals surface area contributed by atoms with Crippen LogP contribution in [0.1, 0.15) is 29.7 Å². The van der Waals surface area contributed by atoms with Gasteiger partial charge in [-0.05, 0) is 32.3 Å². The topological polar surface area (TPSA) is 64.0 Å². The molecule has 0 saturated carbocycles. The minimum absolute atomic E-state index is 0.249. The summed E-state index contributed by atoms with van der Waals surface area (Å²) in [5, 5.41) is 9.02. The second-order valence-electron chi connectivity index (χ2n) is 4.33. The van der Waals surface area contributed by atoms with Crippen molar-refractivity contribution in [3.05, 3.63) is 16.8 Å².